The van der Waals surface area contributed by atoms with Gasteiger partial charge in [0.15, 0.2) is 0 Å². The van der Waals surface area contributed by atoms with Crippen LogP contribution in [-0.4, -0.2) is 28.7 Å². The number of carbonyl (C=O) groups is 1. The Balaban J connectivity index is 2.98. The number of hydrogen-bond acceptors (Lipinski definition) is 2. The number of carbonyl (C=O) groups excluding carboxylic acids is 1. The highest BCUT2D eigenvalue weighted by molar-refractivity contribution is 5.95. The van der Waals surface area contributed by atoms with Crippen molar-refractivity contribution in [2.45, 2.75) is 33.7 Å². The van der Waals surface area contributed by atoms with Crippen LogP contribution >= 0.6 is 0 Å². The molecule has 4 nitrogen and oxygen atoms in total. The number of rotatable bonds is 4. The first kappa shape index (κ1) is 12.8. The molecule has 16 heavy (non-hydrogen) atoms. The molecule has 0 radical (unpaired) electrons. The maximum atomic E-state index is 11.8. The zero-order valence-electron chi connectivity index (χ0n) is 10.4. The van der Waals surface area contributed by atoms with Crippen LogP contribution in [0.15, 0.2) is 6.07 Å². The monoisotopic (exact) mass is 224 g/mol. The number of nitrogens with one attached hydrogen (secondary N) is 1. The summed E-state index contributed by atoms with van der Waals surface area (Å²) in [6.07, 6.45) is 0. The van der Waals surface area contributed by atoms with Gasteiger partial charge in [-0.1, -0.05) is 0 Å². The van der Waals surface area contributed by atoms with E-state index >= 15 is 0 Å². The van der Waals surface area contributed by atoms with Crippen molar-refractivity contribution in [2.24, 2.45) is 0 Å². The van der Waals surface area contributed by atoms with E-state index in [1.54, 1.807) is 0 Å². The lowest BCUT2D eigenvalue weighted by Crippen LogP contribution is -2.26. The number of nitrogens with zero attached hydrogens (tertiary/aromatic N) is 1. The fourth-order valence-electron chi connectivity index (χ4n) is 2.07. The Labute approximate surface area is 96.3 Å². The average Bonchev–Trinajstić information content (AvgIpc) is 2.50. The minimum Gasteiger partial charge on any atom is -0.395 e. The lowest BCUT2D eigenvalue weighted by atomic mass is 10.2. The van der Waals surface area contributed by atoms with Crippen LogP contribution < -0.4 is 5.32 Å². The minimum absolute atomic E-state index is 0.0331. The first-order valence-electron chi connectivity index (χ1n) is 5.56. The van der Waals surface area contributed by atoms with Gasteiger partial charge in [-0.3, -0.25) is 4.79 Å². The first-order chi connectivity index (χ1) is 7.49. The van der Waals surface area contributed by atoms with Gasteiger partial charge < -0.3 is 15.0 Å². The van der Waals surface area contributed by atoms with E-state index in [9.17, 15) is 4.79 Å². The van der Waals surface area contributed by atoms with E-state index < -0.39 is 0 Å². The van der Waals surface area contributed by atoms with Gasteiger partial charge in [-0.2, -0.15) is 0 Å². The second-order valence-corrected chi connectivity index (χ2v) is 4.23. The second kappa shape index (κ2) is 5.16. The van der Waals surface area contributed by atoms with Gasteiger partial charge in [-0.15, -0.1) is 0 Å². The molecule has 0 aliphatic carbocycles. The summed E-state index contributed by atoms with van der Waals surface area (Å²) >= 11 is 0. The molecule has 0 fully saturated rings. The molecule has 1 aromatic rings. The molecule has 0 saturated heterocycles. The normalized spacial score (nSPS) is 10.9. The van der Waals surface area contributed by atoms with Crippen LogP contribution in [0, 0.1) is 13.8 Å². The van der Waals surface area contributed by atoms with Crippen LogP contribution in [0.1, 0.15) is 41.6 Å². The molecule has 0 aromatic carbocycles. The van der Waals surface area contributed by atoms with E-state index in [1.165, 1.54) is 0 Å². The molecular formula is C12H20N2O2. The fraction of sp³-hybridized carbons (Fsp3) is 0.583. The van der Waals surface area contributed by atoms with Crippen molar-refractivity contribution >= 4 is 5.91 Å². The molecule has 1 aromatic heterocycles. The van der Waals surface area contributed by atoms with E-state index in [0.717, 1.165) is 11.4 Å². The van der Waals surface area contributed by atoms with Gasteiger partial charge in [0.2, 0.25) is 0 Å². The number of aromatic nitrogens is 1. The van der Waals surface area contributed by atoms with Crippen molar-refractivity contribution in [1.82, 2.24) is 9.88 Å². The van der Waals surface area contributed by atoms with Crippen LogP contribution in [0.3, 0.4) is 0 Å². The quantitative estimate of drug-likeness (QED) is 0.812. The standard InChI is InChI=1S/C12H20N2O2/c1-8(2)14-9(3)7-11(10(14)4)12(16)13-5-6-15/h7-8,15H,5-6H2,1-4H3,(H,13,16). The van der Waals surface area contributed by atoms with Crippen molar-refractivity contribution in [3.8, 4) is 0 Å². The SMILES string of the molecule is Cc1cc(C(=O)NCCO)c(C)n1C(C)C. The zero-order chi connectivity index (χ0) is 12.3. The summed E-state index contributed by atoms with van der Waals surface area (Å²) in [5.74, 6) is -0.117. The third kappa shape index (κ3) is 2.44. The van der Waals surface area contributed by atoms with Crippen molar-refractivity contribution < 1.29 is 9.90 Å². The van der Waals surface area contributed by atoms with Crippen LogP contribution in [0.5, 0.6) is 0 Å². The Bertz CT molecular complexity index is 381. The number of aryl methyl sites for hydroxylation is 1. The zero-order valence-corrected chi connectivity index (χ0v) is 10.4. The van der Waals surface area contributed by atoms with Crippen LogP contribution in [0.25, 0.3) is 0 Å². The second-order valence-electron chi connectivity index (χ2n) is 4.23. The lowest BCUT2D eigenvalue weighted by Gasteiger charge is -2.13. The summed E-state index contributed by atoms with van der Waals surface area (Å²) in [6.45, 7) is 8.39. The third-order valence-corrected chi connectivity index (χ3v) is 2.64. The van der Waals surface area contributed by atoms with Crippen molar-refractivity contribution in [3.05, 3.63) is 23.0 Å². The predicted octanol–water partition coefficient (Wildman–Crippen LogP) is 1.41. The van der Waals surface area contributed by atoms with Gasteiger partial charge in [0.1, 0.15) is 0 Å². The summed E-state index contributed by atoms with van der Waals surface area (Å²) in [5.41, 5.74) is 2.75. The Morgan fingerprint density at radius 3 is 2.56 bits per heavy atom. The first-order valence-corrected chi connectivity index (χ1v) is 5.56. The number of amides is 1. The molecule has 0 aliphatic heterocycles. The predicted molar refractivity (Wildman–Crippen MR) is 63.7 cm³/mol. The van der Waals surface area contributed by atoms with Crippen LogP contribution in [-0.2, 0) is 0 Å². The largest absolute Gasteiger partial charge is 0.395 e. The van der Waals surface area contributed by atoms with Gasteiger partial charge in [0, 0.05) is 24.0 Å². The van der Waals surface area contributed by atoms with Gasteiger partial charge in [-0.25, -0.2) is 0 Å². The smallest absolute Gasteiger partial charge is 0.253 e. The molecule has 2 N–H and O–H groups in total. The molecule has 1 heterocycles. The average molecular weight is 224 g/mol. The van der Waals surface area contributed by atoms with Crippen molar-refractivity contribution in [3.63, 3.8) is 0 Å². The van der Waals surface area contributed by atoms with Crippen LogP contribution in [0.2, 0.25) is 0 Å². The molecular weight excluding hydrogens is 204 g/mol. The Morgan fingerprint density at radius 2 is 2.12 bits per heavy atom. The Morgan fingerprint density at radius 1 is 1.50 bits per heavy atom. The highest BCUT2D eigenvalue weighted by Gasteiger charge is 2.16. The van der Waals surface area contributed by atoms with E-state index in [0.29, 0.717) is 18.2 Å². The molecule has 1 amide bonds. The van der Waals surface area contributed by atoms with E-state index in [1.807, 2.05) is 19.9 Å². The Hall–Kier alpha value is -1.29. The summed E-state index contributed by atoms with van der Waals surface area (Å²) < 4.78 is 2.13. The van der Waals surface area contributed by atoms with E-state index in [2.05, 4.69) is 23.7 Å². The maximum absolute atomic E-state index is 11.8. The van der Waals surface area contributed by atoms with Crippen LogP contribution in [0.4, 0.5) is 0 Å². The lowest BCUT2D eigenvalue weighted by molar-refractivity contribution is 0.0944. The molecule has 0 saturated carbocycles. The summed E-state index contributed by atoms with van der Waals surface area (Å²) in [6, 6.07) is 2.24. The molecule has 90 valence electrons. The fourth-order valence-corrected chi connectivity index (χ4v) is 2.07. The van der Waals surface area contributed by atoms with Crippen molar-refractivity contribution in [2.75, 3.05) is 13.2 Å². The molecule has 0 atom stereocenters. The molecule has 0 spiro atoms. The van der Waals surface area contributed by atoms with Gasteiger partial charge >= 0.3 is 0 Å². The maximum Gasteiger partial charge on any atom is 0.253 e. The highest BCUT2D eigenvalue weighted by atomic mass is 16.3. The molecule has 1 rings (SSSR count). The van der Waals surface area contributed by atoms with Crippen molar-refractivity contribution in [1.29, 1.82) is 0 Å². The number of aliphatic hydroxyl groups excluding tert-OH is 1. The third-order valence-electron chi connectivity index (χ3n) is 2.64. The van der Waals surface area contributed by atoms with Gasteiger partial charge in [0.05, 0.1) is 12.2 Å². The summed E-state index contributed by atoms with van der Waals surface area (Å²) in [4.78, 5) is 11.8. The van der Waals surface area contributed by atoms with Gasteiger partial charge in [0.25, 0.3) is 5.91 Å². The topological polar surface area (TPSA) is 54.3 Å². The van der Waals surface area contributed by atoms with Gasteiger partial charge in [-0.05, 0) is 33.8 Å². The summed E-state index contributed by atoms with van der Waals surface area (Å²) in [5, 5.41) is 11.3. The molecule has 0 bridgehead atoms. The number of hydrogen-bond donors (Lipinski definition) is 2. The number of aliphatic hydroxyl groups is 1. The minimum atomic E-state index is -0.117. The summed E-state index contributed by atoms with van der Waals surface area (Å²) in [7, 11) is 0. The Kier molecular flexibility index (Phi) is 4.12. The molecule has 0 aliphatic rings. The van der Waals surface area contributed by atoms with E-state index in [4.69, 9.17) is 5.11 Å². The molecule has 0 unspecified atom stereocenters. The van der Waals surface area contributed by atoms with E-state index in [-0.39, 0.29) is 12.5 Å². The molecule has 4 heteroatoms. The highest BCUT2D eigenvalue weighted by Crippen LogP contribution is 2.19.